The largest absolute Gasteiger partial charge is 0.358 e. The van der Waals surface area contributed by atoms with E-state index < -0.39 is 0 Å². The molecular formula is C18H25N3. The van der Waals surface area contributed by atoms with Gasteiger partial charge in [-0.3, -0.25) is 0 Å². The van der Waals surface area contributed by atoms with Crippen LogP contribution >= 0.6 is 0 Å². The first-order chi connectivity index (χ1) is 10.2. The van der Waals surface area contributed by atoms with Crippen molar-refractivity contribution in [3.63, 3.8) is 0 Å². The summed E-state index contributed by atoms with van der Waals surface area (Å²) >= 11 is 0. The van der Waals surface area contributed by atoms with Gasteiger partial charge in [-0.1, -0.05) is 18.2 Å². The molecule has 21 heavy (non-hydrogen) atoms. The van der Waals surface area contributed by atoms with Crippen molar-refractivity contribution in [2.75, 3.05) is 19.6 Å². The third kappa shape index (κ3) is 2.29. The molecule has 3 aliphatic rings. The van der Waals surface area contributed by atoms with Gasteiger partial charge in [0.15, 0.2) is 0 Å². The van der Waals surface area contributed by atoms with Crippen molar-refractivity contribution < 1.29 is 0 Å². The normalized spacial score (nSPS) is 29.9. The standard InChI is InChI=1S/C18H25N3/c1-12(19)10-15-14-4-2-3-5-17(14)20-18(15)16-11-21-8-6-13(16)7-9-21/h2-5,12-13,16,20H,6-11,19H2,1H3. The lowest BCUT2D eigenvalue weighted by Crippen LogP contribution is -2.46. The molecular weight excluding hydrogens is 258 g/mol. The van der Waals surface area contributed by atoms with Crippen molar-refractivity contribution in [1.82, 2.24) is 9.88 Å². The highest BCUT2D eigenvalue weighted by Crippen LogP contribution is 2.41. The molecule has 3 nitrogen and oxygen atoms in total. The van der Waals surface area contributed by atoms with Gasteiger partial charge in [0.05, 0.1) is 0 Å². The van der Waals surface area contributed by atoms with Crippen molar-refractivity contribution in [1.29, 1.82) is 0 Å². The minimum atomic E-state index is 0.212. The van der Waals surface area contributed by atoms with Crippen LogP contribution < -0.4 is 5.73 Å². The summed E-state index contributed by atoms with van der Waals surface area (Å²) in [5.41, 5.74) is 10.3. The summed E-state index contributed by atoms with van der Waals surface area (Å²) in [6.07, 6.45) is 3.69. The number of hydrogen-bond acceptors (Lipinski definition) is 2. The van der Waals surface area contributed by atoms with Gasteiger partial charge in [0.2, 0.25) is 0 Å². The molecule has 5 rings (SSSR count). The number of fused-ring (bicyclic) bond motifs is 4. The fraction of sp³-hybridized carbons (Fsp3) is 0.556. The average Bonchev–Trinajstić information content (AvgIpc) is 2.87. The van der Waals surface area contributed by atoms with Crippen molar-refractivity contribution in [2.45, 2.75) is 38.1 Å². The predicted octanol–water partition coefficient (Wildman–Crippen LogP) is 2.87. The zero-order chi connectivity index (χ0) is 14.4. The van der Waals surface area contributed by atoms with Crippen molar-refractivity contribution in [2.24, 2.45) is 11.7 Å². The molecule has 112 valence electrons. The summed E-state index contributed by atoms with van der Waals surface area (Å²) < 4.78 is 0. The zero-order valence-corrected chi connectivity index (χ0v) is 12.8. The Kier molecular flexibility index (Phi) is 3.27. The number of piperidine rings is 3. The van der Waals surface area contributed by atoms with Gasteiger partial charge in [-0.05, 0) is 56.8 Å². The Hall–Kier alpha value is -1.32. The van der Waals surface area contributed by atoms with Gasteiger partial charge in [-0.15, -0.1) is 0 Å². The van der Waals surface area contributed by atoms with Crippen LogP contribution in [-0.4, -0.2) is 35.6 Å². The third-order valence-corrected chi connectivity index (χ3v) is 5.40. The smallest absolute Gasteiger partial charge is 0.0459 e. The first-order valence-corrected chi connectivity index (χ1v) is 8.30. The van der Waals surface area contributed by atoms with Crippen LogP contribution in [-0.2, 0) is 6.42 Å². The van der Waals surface area contributed by atoms with Crippen molar-refractivity contribution >= 4 is 10.9 Å². The molecule has 4 heterocycles. The molecule has 2 bridgehead atoms. The molecule has 3 saturated heterocycles. The van der Waals surface area contributed by atoms with E-state index in [2.05, 4.69) is 41.1 Å². The Morgan fingerprint density at radius 3 is 2.71 bits per heavy atom. The number of nitrogens with one attached hydrogen (secondary N) is 1. The first-order valence-electron chi connectivity index (χ1n) is 8.30. The van der Waals surface area contributed by atoms with Gasteiger partial charge < -0.3 is 15.6 Å². The predicted molar refractivity (Wildman–Crippen MR) is 87.6 cm³/mol. The van der Waals surface area contributed by atoms with Crippen LogP contribution in [0.2, 0.25) is 0 Å². The number of rotatable bonds is 3. The van der Waals surface area contributed by atoms with Crippen molar-refractivity contribution in [3.8, 4) is 0 Å². The van der Waals surface area contributed by atoms with E-state index in [1.165, 1.54) is 54.6 Å². The van der Waals surface area contributed by atoms with Gasteiger partial charge in [-0.2, -0.15) is 0 Å². The molecule has 0 spiro atoms. The summed E-state index contributed by atoms with van der Waals surface area (Å²) in [4.78, 5) is 6.37. The van der Waals surface area contributed by atoms with E-state index in [4.69, 9.17) is 5.73 Å². The highest BCUT2D eigenvalue weighted by atomic mass is 15.1. The Morgan fingerprint density at radius 2 is 2.05 bits per heavy atom. The molecule has 0 amide bonds. The van der Waals surface area contributed by atoms with Crippen LogP contribution in [0.15, 0.2) is 24.3 Å². The summed E-state index contributed by atoms with van der Waals surface area (Å²) in [7, 11) is 0. The monoisotopic (exact) mass is 283 g/mol. The molecule has 3 aliphatic heterocycles. The lowest BCUT2D eigenvalue weighted by Gasteiger charge is -2.45. The molecule has 2 atom stereocenters. The fourth-order valence-corrected chi connectivity index (χ4v) is 4.37. The molecule has 3 fully saturated rings. The maximum Gasteiger partial charge on any atom is 0.0459 e. The number of aromatic amines is 1. The summed E-state index contributed by atoms with van der Waals surface area (Å²) in [6.45, 7) is 5.93. The van der Waals surface area contributed by atoms with E-state index in [9.17, 15) is 0 Å². The number of hydrogen-bond donors (Lipinski definition) is 2. The number of benzene rings is 1. The number of nitrogens with zero attached hydrogens (tertiary/aromatic N) is 1. The molecule has 0 radical (unpaired) electrons. The highest BCUT2D eigenvalue weighted by molar-refractivity contribution is 5.85. The molecule has 3 heteroatoms. The van der Waals surface area contributed by atoms with Gasteiger partial charge in [-0.25, -0.2) is 0 Å². The van der Waals surface area contributed by atoms with E-state index in [0.717, 1.165) is 12.3 Å². The summed E-state index contributed by atoms with van der Waals surface area (Å²) in [5.74, 6) is 1.53. The van der Waals surface area contributed by atoms with Gasteiger partial charge in [0.1, 0.15) is 0 Å². The minimum Gasteiger partial charge on any atom is -0.358 e. The number of aromatic nitrogens is 1. The second-order valence-corrected chi connectivity index (χ2v) is 6.99. The number of nitrogens with two attached hydrogens (primary N) is 1. The van der Waals surface area contributed by atoms with Gasteiger partial charge in [0.25, 0.3) is 0 Å². The quantitative estimate of drug-likeness (QED) is 0.910. The molecule has 3 N–H and O–H groups in total. The molecule has 1 aromatic heterocycles. The van der Waals surface area contributed by atoms with Gasteiger partial charge >= 0.3 is 0 Å². The molecule has 1 aromatic carbocycles. The highest BCUT2D eigenvalue weighted by Gasteiger charge is 2.37. The Morgan fingerprint density at radius 1 is 1.29 bits per heavy atom. The van der Waals surface area contributed by atoms with E-state index >= 15 is 0 Å². The third-order valence-electron chi connectivity index (χ3n) is 5.40. The summed E-state index contributed by atoms with van der Waals surface area (Å²) in [6, 6.07) is 8.92. The van der Waals surface area contributed by atoms with Crippen molar-refractivity contribution in [3.05, 3.63) is 35.5 Å². The van der Waals surface area contributed by atoms with Gasteiger partial charge in [0, 0.05) is 35.1 Å². The topological polar surface area (TPSA) is 45.0 Å². The van der Waals surface area contributed by atoms with Crippen LogP contribution in [0.3, 0.4) is 0 Å². The average molecular weight is 283 g/mol. The van der Waals surface area contributed by atoms with Crippen LogP contribution in [0.1, 0.15) is 36.9 Å². The molecule has 2 unspecified atom stereocenters. The molecule has 2 aromatic rings. The van der Waals surface area contributed by atoms with E-state index in [1.807, 2.05) is 0 Å². The molecule has 0 aliphatic carbocycles. The van der Waals surface area contributed by atoms with E-state index in [1.54, 1.807) is 0 Å². The first kappa shape index (κ1) is 13.4. The number of para-hydroxylation sites is 1. The maximum absolute atomic E-state index is 6.12. The maximum atomic E-state index is 6.12. The Labute approximate surface area is 126 Å². The number of H-pyrrole nitrogens is 1. The minimum absolute atomic E-state index is 0.212. The molecule has 0 saturated carbocycles. The fourth-order valence-electron chi connectivity index (χ4n) is 4.37. The van der Waals surface area contributed by atoms with Crippen LogP contribution in [0.25, 0.3) is 10.9 Å². The van der Waals surface area contributed by atoms with Crippen LogP contribution in [0, 0.1) is 5.92 Å². The Balaban J connectivity index is 1.80. The second kappa shape index (κ2) is 5.15. The van der Waals surface area contributed by atoms with E-state index in [-0.39, 0.29) is 6.04 Å². The lowest BCUT2D eigenvalue weighted by molar-refractivity contribution is 0.0853. The van der Waals surface area contributed by atoms with Crippen LogP contribution in [0.5, 0.6) is 0 Å². The Bertz CT molecular complexity index is 635. The summed E-state index contributed by atoms with van der Waals surface area (Å²) in [5, 5.41) is 1.38. The SMILES string of the molecule is CC(N)Cc1c(C2CN3CCC2CC3)[nH]c2ccccc12. The van der Waals surface area contributed by atoms with E-state index in [0.29, 0.717) is 5.92 Å². The lowest BCUT2D eigenvalue weighted by atomic mass is 9.76. The second-order valence-electron chi connectivity index (χ2n) is 6.99. The van der Waals surface area contributed by atoms with Crippen LogP contribution in [0.4, 0.5) is 0 Å². The zero-order valence-electron chi connectivity index (χ0n) is 12.8.